The lowest BCUT2D eigenvalue weighted by Crippen LogP contribution is -2.29. The third kappa shape index (κ3) is 4.65. The maximum atomic E-state index is 12.3. The first-order valence-corrected chi connectivity index (χ1v) is 11.0. The van der Waals surface area contributed by atoms with Crippen molar-refractivity contribution in [2.24, 2.45) is 0 Å². The van der Waals surface area contributed by atoms with Gasteiger partial charge in [-0.15, -0.1) is 0 Å². The fourth-order valence-electron chi connectivity index (χ4n) is 3.57. The van der Waals surface area contributed by atoms with E-state index < -0.39 is 6.09 Å². The van der Waals surface area contributed by atoms with E-state index in [9.17, 15) is 4.79 Å². The summed E-state index contributed by atoms with van der Waals surface area (Å²) in [6, 6.07) is 14.6. The molecular weight excluding hydrogens is 437 g/mol. The first-order chi connectivity index (χ1) is 15.1. The Morgan fingerprint density at radius 3 is 2.74 bits per heavy atom. The quantitative estimate of drug-likeness (QED) is 0.493. The standard InChI is InChI=1S/C23H23Cl2N3O3/c1-2-13-31-23(29)26-18-7-5-14-30-22-20(18)27-28(19-8-4-3-6-17(19)25)21(22)15-9-11-16(24)12-10-15/h3-4,6,8-12,18H,2,5,7,13-14H2,1H3,(H,26,29). The number of nitrogens with zero attached hydrogens (tertiary/aromatic N) is 2. The third-order valence-electron chi connectivity index (χ3n) is 5.01. The summed E-state index contributed by atoms with van der Waals surface area (Å²) in [7, 11) is 0. The van der Waals surface area contributed by atoms with Gasteiger partial charge in [0.25, 0.3) is 0 Å². The van der Waals surface area contributed by atoms with E-state index in [1.165, 1.54) is 0 Å². The number of amides is 1. The monoisotopic (exact) mass is 459 g/mol. The zero-order chi connectivity index (χ0) is 21.8. The molecule has 1 aliphatic heterocycles. The normalized spacial score (nSPS) is 15.5. The van der Waals surface area contributed by atoms with Crippen molar-refractivity contribution in [3.63, 3.8) is 0 Å². The molecule has 1 aromatic heterocycles. The van der Waals surface area contributed by atoms with Crippen molar-refractivity contribution in [1.29, 1.82) is 0 Å². The topological polar surface area (TPSA) is 65.4 Å². The second kappa shape index (κ2) is 9.62. The van der Waals surface area contributed by atoms with Gasteiger partial charge in [0.05, 0.1) is 30.0 Å². The SMILES string of the molecule is CCCOC(=O)NC1CCCOc2c1nn(-c1ccccc1Cl)c2-c1ccc(Cl)cc1. The van der Waals surface area contributed by atoms with Gasteiger partial charge in [0.2, 0.25) is 0 Å². The number of halogens is 2. The maximum Gasteiger partial charge on any atom is 0.407 e. The van der Waals surface area contributed by atoms with Crippen LogP contribution in [0.25, 0.3) is 16.9 Å². The molecule has 0 bridgehead atoms. The van der Waals surface area contributed by atoms with Crippen molar-refractivity contribution in [3.8, 4) is 22.7 Å². The van der Waals surface area contributed by atoms with E-state index in [1.54, 1.807) is 4.68 Å². The predicted octanol–water partition coefficient (Wildman–Crippen LogP) is 6.20. The van der Waals surface area contributed by atoms with Gasteiger partial charge in [-0.05, 0) is 43.5 Å². The fourth-order valence-corrected chi connectivity index (χ4v) is 3.91. The summed E-state index contributed by atoms with van der Waals surface area (Å²) >= 11 is 12.6. The van der Waals surface area contributed by atoms with Crippen molar-refractivity contribution in [1.82, 2.24) is 15.1 Å². The lowest BCUT2D eigenvalue weighted by Gasteiger charge is -2.15. The Kier molecular flexibility index (Phi) is 6.68. The number of rotatable bonds is 5. The summed E-state index contributed by atoms with van der Waals surface area (Å²) in [5, 5.41) is 9.00. The Bertz CT molecular complexity index is 1070. The number of hydrogen-bond donors (Lipinski definition) is 1. The van der Waals surface area contributed by atoms with Gasteiger partial charge in [0.1, 0.15) is 11.4 Å². The molecule has 0 saturated heterocycles. The van der Waals surface area contributed by atoms with Crippen LogP contribution in [0.1, 0.15) is 37.9 Å². The predicted molar refractivity (Wildman–Crippen MR) is 121 cm³/mol. The molecule has 31 heavy (non-hydrogen) atoms. The summed E-state index contributed by atoms with van der Waals surface area (Å²) in [6.07, 6.45) is 1.77. The largest absolute Gasteiger partial charge is 0.489 e. The molecular formula is C23H23Cl2N3O3. The van der Waals surface area contributed by atoms with E-state index in [4.69, 9.17) is 37.8 Å². The average molecular weight is 460 g/mol. The highest BCUT2D eigenvalue weighted by molar-refractivity contribution is 6.32. The molecule has 1 atom stereocenters. The van der Waals surface area contributed by atoms with E-state index in [2.05, 4.69) is 5.32 Å². The van der Waals surface area contributed by atoms with E-state index in [1.807, 2.05) is 55.5 Å². The first-order valence-electron chi connectivity index (χ1n) is 10.3. The number of carbonyl (C=O) groups is 1. The molecule has 1 unspecified atom stereocenters. The van der Waals surface area contributed by atoms with Crippen LogP contribution < -0.4 is 10.1 Å². The molecule has 8 heteroatoms. The minimum atomic E-state index is -0.458. The summed E-state index contributed by atoms with van der Waals surface area (Å²) in [5.41, 5.74) is 3.01. The van der Waals surface area contributed by atoms with Gasteiger partial charge in [-0.3, -0.25) is 0 Å². The van der Waals surface area contributed by atoms with Crippen molar-refractivity contribution >= 4 is 29.3 Å². The van der Waals surface area contributed by atoms with Crippen LogP contribution in [0.4, 0.5) is 4.79 Å². The number of alkyl carbamates (subject to hydrolysis) is 1. The molecule has 0 radical (unpaired) electrons. The Balaban J connectivity index is 1.84. The molecule has 2 aromatic carbocycles. The van der Waals surface area contributed by atoms with Gasteiger partial charge >= 0.3 is 6.09 Å². The Hall–Kier alpha value is -2.70. The van der Waals surface area contributed by atoms with Gasteiger partial charge in [-0.1, -0.05) is 54.4 Å². The molecule has 6 nitrogen and oxygen atoms in total. The van der Waals surface area contributed by atoms with Crippen LogP contribution in [-0.2, 0) is 4.74 Å². The molecule has 0 saturated carbocycles. The zero-order valence-electron chi connectivity index (χ0n) is 17.1. The summed E-state index contributed by atoms with van der Waals surface area (Å²) < 4.78 is 13.1. The van der Waals surface area contributed by atoms with E-state index in [0.29, 0.717) is 41.1 Å². The van der Waals surface area contributed by atoms with Crippen LogP contribution in [0.2, 0.25) is 10.0 Å². The highest BCUT2D eigenvalue weighted by Crippen LogP contribution is 2.42. The van der Waals surface area contributed by atoms with Gasteiger partial charge in [0.15, 0.2) is 5.75 Å². The van der Waals surface area contributed by atoms with Crippen LogP contribution in [-0.4, -0.2) is 29.1 Å². The Morgan fingerprint density at radius 1 is 1.23 bits per heavy atom. The van der Waals surface area contributed by atoms with Gasteiger partial charge in [-0.2, -0.15) is 5.10 Å². The number of fused-ring (bicyclic) bond motifs is 1. The number of hydrogen-bond acceptors (Lipinski definition) is 4. The number of carbonyl (C=O) groups excluding carboxylic acids is 1. The second-order valence-electron chi connectivity index (χ2n) is 7.26. The minimum Gasteiger partial charge on any atom is -0.489 e. The van der Waals surface area contributed by atoms with Crippen LogP contribution in [0.5, 0.6) is 5.75 Å². The van der Waals surface area contributed by atoms with Gasteiger partial charge in [0, 0.05) is 10.6 Å². The molecule has 3 aromatic rings. The average Bonchev–Trinajstić information content (AvgIpc) is 3.03. The lowest BCUT2D eigenvalue weighted by atomic mass is 10.1. The molecule has 1 N–H and O–H groups in total. The molecule has 0 aliphatic carbocycles. The van der Waals surface area contributed by atoms with Crippen molar-refractivity contribution in [2.75, 3.05) is 13.2 Å². The Labute approximate surface area is 191 Å². The highest BCUT2D eigenvalue weighted by Gasteiger charge is 2.31. The van der Waals surface area contributed by atoms with Gasteiger partial charge < -0.3 is 14.8 Å². The van der Waals surface area contributed by atoms with Crippen LogP contribution in [0, 0.1) is 0 Å². The van der Waals surface area contributed by atoms with Crippen LogP contribution in [0.3, 0.4) is 0 Å². The Morgan fingerprint density at radius 2 is 2.00 bits per heavy atom. The van der Waals surface area contributed by atoms with E-state index in [-0.39, 0.29) is 6.04 Å². The molecule has 0 spiro atoms. The number of nitrogens with one attached hydrogen (secondary N) is 1. The molecule has 1 amide bonds. The zero-order valence-corrected chi connectivity index (χ0v) is 18.6. The number of para-hydroxylation sites is 1. The minimum absolute atomic E-state index is 0.336. The van der Waals surface area contributed by atoms with Crippen LogP contribution >= 0.6 is 23.2 Å². The van der Waals surface area contributed by atoms with E-state index in [0.717, 1.165) is 29.8 Å². The first kappa shape index (κ1) is 21.5. The van der Waals surface area contributed by atoms with Crippen LogP contribution in [0.15, 0.2) is 48.5 Å². The number of aromatic nitrogens is 2. The number of benzene rings is 2. The van der Waals surface area contributed by atoms with Crippen molar-refractivity contribution in [3.05, 3.63) is 64.3 Å². The molecule has 0 fully saturated rings. The third-order valence-corrected chi connectivity index (χ3v) is 5.58. The maximum absolute atomic E-state index is 12.3. The summed E-state index contributed by atoms with van der Waals surface area (Å²) in [6.45, 7) is 2.84. The second-order valence-corrected chi connectivity index (χ2v) is 8.10. The lowest BCUT2D eigenvalue weighted by molar-refractivity contribution is 0.141. The smallest absolute Gasteiger partial charge is 0.407 e. The highest BCUT2D eigenvalue weighted by atomic mass is 35.5. The van der Waals surface area contributed by atoms with Gasteiger partial charge in [-0.25, -0.2) is 9.48 Å². The molecule has 162 valence electrons. The van der Waals surface area contributed by atoms with E-state index >= 15 is 0 Å². The summed E-state index contributed by atoms with van der Waals surface area (Å²) in [5.74, 6) is 0.625. The van der Waals surface area contributed by atoms with Crippen molar-refractivity contribution < 1.29 is 14.3 Å². The molecule has 4 rings (SSSR count). The number of ether oxygens (including phenoxy) is 2. The molecule has 2 heterocycles. The van der Waals surface area contributed by atoms with Crippen molar-refractivity contribution in [2.45, 2.75) is 32.2 Å². The molecule has 1 aliphatic rings. The fraction of sp³-hybridized carbons (Fsp3) is 0.304. The summed E-state index contributed by atoms with van der Waals surface area (Å²) in [4.78, 5) is 12.3.